The fourth-order valence-corrected chi connectivity index (χ4v) is 2.99. The van der Waals surface area contributed by atoms with E-state index in [4.69, 9.17) is 4.74 Å². The molecule has 0 fully saturated rings. The molecule has 0 saturated carbocycles. The molecule has 22 heavy (non-hydrogen) atoms. The van der Waals surface area contributed by atoms with Gasteiger partial charge in [-0.2, -0.15) is 0 Å². The second kappa shape index (κ2) is 9.88. The molecular weight excluding hydrogens is 383 g/mol. The molecule has 0 unspecified atom stereocenters. The van der Waals surface area contributed by atoms with Gasteiger partial charge in [-0.3, -0.25) is 0 Å². The van der Waals surface area contributed by atoms with E-state index in [0.29, 0.717) is 0 Å². The van der Waals surface area contributed by atoms with Crippen molar-refractivity contribution in [3.8, 4) is 11.5 Å². The summed E-state index contributed by atoms with van der Waals surface area (Å²) in [4.78, 5) is 0. The molecular formula is C20H25IO. The minimum atomic E-state index is 0.913. The number of rotatable bonds is 9. The molecule has 0 aromatic heterocycles. The Morgan fingerprint density at radius 2 is 1.50 bits per heavy atom. The zero-order valence-electron chi connectivity index (χ0n) is 13.4. The van der Waals surface area contributed by atoms with Crippen LogP contribution in [0.3, 0.4) is 0 Å². The molecule has 2 rings (SSSR count). The Bertz CT molecular complexity index is 548. The third-order valence-corrected chi connectivity index (χ3v) is 4.70. The van der Waals surface area contributed by atoms with Gasteiger partial charge >= 0.3 is 0 Å². The highest BCUT2D eigenvalue weighted by molar-refractivity contribution is 14.1. The Labute approximate surface area is 148 Å². The van der Waals surface area contributed by atoms with Crippen LogP contribution in [0.4, 0.5) is 0 Å². The van der Waals surface area contributed by atoms with E-state index in [2.05, 4.69) is 59.8 Å². The summed E-state index contributed by atoms with van der Waals surface area (Å²) in [6.07, 6.45) is 9.28. The Kier molecular flexibility index (Phi) is 7.78. The maximum absolute atomic E-state index is 5.93. The minimum Gasteiger partial charge on any atom is -0.456 e. The summed E-state index contributed by atoms with van der Waals surface area (Å²) in [6.45, 7) is 2.26. The lowest BCUT2D eigenvalue weighted by molar-refractivity contribution is 0.479. The van der Waals surface area contributed by atoms with Crippen LogP contribution in [0.15, 0.2) is 48.5 Å². The third kappa shape index (κ3) is 5.99. The van der Waals surface area contributed by atoms with Crippen molar-refractivity contribution in [3.63, 3.8) is 0 Å². The lowest BCUT2D eigenvalue weighted by Crippen LogP contribution is -1.89. The number of aryl methyl sites for hydroxylation is 1. The molecule has 0 amide bonds. The second-order valence-electron chi connectivity index (χ2n) is 5.69. The molecule has 0 aliphatic heterocycles. The fraction of sp³-hybridized carbons (Fsp3) is 0.400. The highest BCUT2D eigenvalue weighted by Gasteiger charge is 2.01. The standard InChI is InChI=1S/C20H25IO/c1-2-3-4-5-6-7-10-17-13-15-18(16-14-17)22-20-12-9-8-11-19(20)21/h8-9,11-16H,2-7,10H2,1H3. The Morgan fingerprint density at radius 1 is 0.818 bits per heavy atom. The average Bonchev–Trinajstić information content (AvgIpc) is 2.54. The first-order valence-corrected chi connectivity index (χ1v) is 9.39. The summed E-state index contributed by atoms with van der Waals surface area (Å²) in [5.41, 5.74) is 1.41. The summed E-state index contributed by atoms with van der Waals surface area (Å²) in [5.74, 6) is 1.84. The maximum Gasteiger partial charge on any atom is 0.140 e. The van der Waals surface area contributed by atoms with Crippen LogP contribution in [0, 0.1) is 3.57 Å². The minimum absolute atomic E-state index is 0.913. The zero-order chi connectivity index (χ0) is 15.6. The van der Waals surface area contributed by atoms with Crippen molar-refractivity contribution in [1.29, 1.82) is 0 Å². The Balaban J connectivity index is 1.77. The highest BCUT2D eigenvalue weighted by Crippen LogP contribution is 2.26. The number of para-hydroxylation sites is 1. The van der Waals surface area contributed by atoms with Gasteiger partial charge in [0.2, 0.25) is 0 Å². The van der Waals surface area contributed by atoms with Gasteiger partial charge < -0.3 is 4.74 Å². The van der Waals surface area contributed by atoms with Gasteiger partial charge in [0.1, 0.15) is 11.5 Å². The van der Waals surface area contributed by atoms with Gasteiger partial charge in [-0.1, -0.05) is 63.3 Å². The van der Waals surface area contributed by atoms with Crippen LogP contribution in [0.2, 0.25) is 0 Å². The number of unbranched alkanes of at least 4 members (excludes halogenated alkanes) is 5. The van der Waals surface area contributed by atoms with Crippen LogP contribution in [0.1, 0.15) is 51.0 Å². The van der Waals surface area contributed by atoms with Crippen LogP contribution in [0.5, 0.6) is 11.5 Å². The van der Waals surface area contributed by atoms with Gasteiger partial charge in [-0.25, -0.2) is 0 Å². The molecule has 0 radical (unpaired) electrons. The van der Waals surface area contributed by atoms with Crippen molar-refractivity contribution in [2.24, 2.45) is 0 Å². The summed E-state index contributed by atoms with van der Waals surface area (Å²) in [6, 6.07) is 16.6. The molecule has 2 heteroatoms. The van der Waals surface area contributed by atoms with Crippen molar-refractivity contribution < 1.29 is 4.74 Å². The maximum atomic E-state index is 5.93. The number of hydrogen-bond donors (Lipinski definition) is 0. The normalized spacial score (nSPS) is 10.6. The van der Waals surface area contributed by atoms with E-state index in [-0.39, 0.29) is 0 Å². The molecule has 0 spiro atoms. The van der Waals surface area contributed by atoms with Gasteiger partial charge in [0, 0.05) is 0 Å². The van der Waals surface area contributed by atoms with E-state index >= 15 is 0 Å². The number of hydrogen-bond acceptors (Lipinski definition) is 1. The quantitative estimate of drug-likeness (QED) is 0.321. The third-order valence-electron chi connectivity index (χ3n) is 3.81. The van der Waals surface area contributed by atoms with Gasteiger partial charge in [-0.05, 0) is 65.3 Å². The molecule has 0 atom stereocenters. The number of ether oxygens (including phenoxy) is 1. The van der Waals surface area contributed by atoms with Crippen LogP contribution in [-0.2, 0) is 6.42 Å². The van der Waals surface area contributed by atoms with Crippen molar-refractivity contribution in [2.45, 2.75) is 51.9 Å². The first-order valence-electron chi connectivity index (χ1n) is 8.31. The molecule has 2 aromatic rings. The SMILES string of the molecule is CCCCCCCCc1ccc(Oc2ccccc2I)cc1. The van der Waals surface area contributed by atoms with Crippen molar-refractivity contribution in [1.82, 2.24) is 0 Å². The van der Waals surface area contributed by atoms with E-state index in [1.807, 2.05) is 18.2 Å². The summed E-state index contributed by atoms with van der Waals surface area (Å²) in [5, 5.41) is 0. The lowest BCUT2D eigenvalue weighted by atomic mass is 10.0. The molecule has 118 valence electrons. The van der Waals surface area contributed by atoms with Crippen molar-refractivity contribution in [3.05, 3.63) is 57.7 Å². The smallest absolute Gasteiger partial charge is 0.140 e. The monoisotopic (exact) mass is 408 g/mol. The van der Waals surface area contributed by atoms with E-state index in [0.717, 1.165) is 15.1 Å². The lowest BCUT2D eigenvalue weighted by Gasteiger charge is -2.08. The van der Waals surface area contributed by atoms with Crippen LogP contribution in [-0.4, -0.2) is 0 Å². The topological polar surface area (TPSA) is 9.23 Å². The van der Waals surface area contributed by atoms with Crippen molar-refractivity contribution in [2.75, 3.05) is 0 Å². The first-order chi connectivity index (χ1) is 10.8. The summed E-state index contributed by atoms with van der Waals surface area (Å²) >= 11 is 2.30. The van der Waals surface area contributed by atoms with Crippen molar-refractivity contribution >= 4 is 22.6 Å². The molecule has 0 heterocycles. The molecule has 0 N–H and O–H groups in total. The predicted octanol–water partition coefficient (Wildman–Crippen LogP) is 6.99. The van der Waals surface area contributed by atoms with Gasteiger partial charge in [0.25, 0.3) is 0 Å². The highest BCUT2D eigenvalue weighted by atomic mass is 127. The van der Waals surface area contributed by atoms with Crippen LogP contribution < -0.4 is 4.74 Å². The van der Waals surface area contributed by atoms with Gasteiger partial charge in [0.15, 0.2) is 0 Å². The van der Waals surface area contributed by atoms with E-state index < -0.39 is 0 Å². The van der Waals surface area contributed by atoms with Gasteiger partial charge in [0.05, 0.1) is 3.57 Å². The Morgan fingerprint density at radius 3 is 2.23 bits per heavy atom. The van der Waals surface area contributed by atoms with E-state index in [1.165, 1.54) is 50.5 Å². The first kappa shape index (κ1) is 17.3. The van der Waals surface area contributed by atoms with Crippen LogP contribution in [0.25, 0.3) is 0 Å². The second-order valence-corrected chi connectivity index (χ2v) is 6.86. The molecule has 0 saturated heterocycles. The average molecular weight is 408 g/mol. The number of benzene rings is 2. The predicted molar refractivity (Wildman–Crippen MR) is 103 cm³/mol. The summed E-state index contributed by atoms with van der Waals surface area (Å²) < 4.78 is 7.06. The van der Waals surface area contributed by atoms with E-state index in [9.17, 15) is 0 Å². The summed E-state index contributed by atoms with van der Waals surface area (Å²) in [7, 11) is 0. The van der Waals surface area contributed by atoms with Crippen LogP contribution >= 0.6 is 22.6 Å². The molecule has 0 bridgehead atoms. The van der Waals surface area contributed by atoms with E-state index in [1.54, 1.807) is 0 Å². The molecule has 0 aliphatic rings. The molecule has 0 aliphatic carbocycles. The molecule has 1 nitrogen and oxygen atoms in total. The molecule has 2 aromatic carbocycles. The zero-order valence-corrected chi connectivity index (χ0v) is 15.5. The largest absolute Gasteiger partial charge is 0.456 e. The van der Waals surface area contributed by atoms with Gasteiger partial charge in [-0.15, -0.1) is 0 Å². The number of halogens is 1. The Hall–Kier alpha value is -1.03. The fourth-order valence-electron chi connectivity index (χ4n) is 2.49.